The minimum Gasteiger partial charge on any atom is -0.293 e. The number of likely N-dealkylation sites (tertiary alicyclic amines) is 1. The molecule has 1 fully saturated rings. The highest BCUT2D eigenvalue weighted by molar-refractivity contribution is 9.10. The predicted molar refractivity (Wildman–Crippen MR) is 70.3 cm³/mol. The first-order valence-electron chi connectivity index (χ1n) is 6.06. The van der Waals surface area contributed by atoms with Crippen LogP contribution in [0.15, 0.2) is 22.9 Å². The lowest BCUT2D eigenvalue weighted by atomic mass is 10.1. The second kappa shape index (κ2) is 5.28. The Balaban J connectivity index is 2.08. The van der Waals surface area contributed by atoms with E-state index in [2.05, 4.69) is 45.7 Å². The minimum absolute atomic E-state index is 0.712. The summed E-state index contributed by atoms with van der Waals surface area (Å²) in [7, 11) is 0. The second-order valence-corrected chi connectivity index (χ2v) is 5.59. The van der Waals surface area contributed by atoms with Crippen molar-refractivity contribution in [2.24, 2.45) is 0 Å². The molecule has 3 heteroatoms. The van der Waals surface area contributed by atoms with Crippen molar-refractivity contribution >= 4 is 15.9 Å². The van der Waals surface area contributed by atoms with Gasteiger partial charge < -0.3 is 0 Å². The molecule has 2 atom stereocenters. The van der Waals surface area contributed by atoms with Crippen molar-refractivity contribution in [3.8, 4) is 0 Å². The van der Waals surface area contributed by atoms with Gasteiger partial charge in [0.1, 0.15) is 0 Å². The average Bonchev–Trinajstić information content (AvgIpc) is 2.60. The molecule has 0 aromatic carbocycles. The Kier molecular flexibility index (Phi) is 3.98. The van der Waals surface area contributed by atoms with E-state index in [1.807, 2.05) is 12.4 Å². The number of hydrogen-bond donors (Lipinski definition) is 0. The van der Waals surface area contributed by atoms with Gasteiger partial charge in [-0.3, -0.25) is 9.88 Å². The third-order valence-electron chi connectivity index (χ3n) is 3.55. The van der Waals surface area contributed by atoms with Gasteiger partial charge in [0.05, 0.1) is 0 Å². The molecule has 1 aliphatic heterocycles. The summed E-state index contributed by atoms with van der Waals surface area (Å²) in [4.78, 5) is 6.84. The molecule has 1 aromatic heterocycles. The quantitative estimate of drug-likeness (QED) is 0.842. The van der Waals surface area contributed by atoms with Crippen molar-refractivity contribution in [1.29, 1.82) is 0 Å². The number of rotatable bonds is 3. The van der Waals surface area contributed by atoms with Gasteiger partial charge in [-0.05, 0) is 53.7 Å². The van der Waals surface area contributed by atoms with Gasteiger partial charge in [-0.25, -0.2) is 0 Å². The summed E-state index contributed by atoms with van der Waals surface area (Å²) < 4.78 is 1.07. The van der Waals surface area contributed by atoms with Gasteiger partial charge >= 0.3 is 0 Å². The van der Waals surface area contributed by atoms with Crippen LogP contribution in [0.4, 0.5) is 0 Å². The van der Waals surface area contributed by atoms with Gasteiger partial charge in [-0.15, -0.1) is 0 Å². The van der Waals surface area contributed by atoms with E-state index < -0.39 is 0 Å². The van der Waals surface area contributed by atoms with Crippen LogP contribution < -0.4 is 0 Å². The first-order chi connectivity index (χ1) is 7.70. The number of nitrogens with zero attached hydrogens (tertiary/aromatic N) is 2. The fraction of sp³-hybridized carbons (Fsp3) is 0.615. The number of aromatic nitrogens is 1. The van der Waals surface area contributed by atoms with Crippen LogP contribution in [0.5, 0.6) is 0 Å². The van der Waals surface area contributed by atoms with Crippen molar-refractivity contribution in [3.05, 3.63) is 28.5 Å². The van der Waals surface area contributed by atoms with Crippen LogP contribution in [0.3, 0.4) is 0 Å². The van der Waals surface area contributed by atoms with E-state index >= 15 is 0 Å². The summed E-state index contributed by atoms with van der Waals surface area (Å²) in [5.74, 6) is 0. The molecule has 0 amide bonds. The lowest BCUT2D eigenvalue weighted by Gasteiger charge is -2.27. The maximum absolute atomic E-state index is 4.23. The SMILES string of the molecule is CCC1CCC(C)N1Cc1cncc(Br)c1. The maximum atomic E-state index is 4.23. The molecule has 1 saturated heterocycles. The van der Waals surface area contributed by atoms with Gasteiger partial charge in [0.2, 0.25) is 0 Å². The summed E-state index contributed by atoms with van der Waals surface area (Å²) >= 11 is 3.48. The van der Waals surface area contributed by atoms with E-state index in [-0.39, 0.29) is 0 Å². The number of hydrogen-bond acceptors (Lipinski definition) is 2. The molecule has 16 heavy (non-hydrogen) atoms. The van der Waals surface area contributed by atoms with Gasteiger partial charge in [-0.2, -0.15) is 0 Å². The molecule has 0 radical (unpaired) electrons. The lowest BCUT2D eigenvalue weighted by molar-refractivity contribution is 0.189. The maximum Gasteiger partial charge on any atom is 0.0410 e. The molecule has 2 heterocycles. The fourth-order valence-corrected chi connectivity index (χ4v) is 3.01. The molecule has 2 nitrogen and oxygen atoms in total. The number of halogens is 1. The van der Waals surface area contributed by atoms with E-state index in [0.29, 0.717) is 6.04 Å². The molecule has 0 N–H and O–H groups in total. The molecule has 88 valence electrons. The lowest BCUT2D eigenvalue weighted by Crippen LogP contribution is -2.33. The normalized spacial score (nSPS) is 26.2. The molecule has 2 rings (SSSR count). The molecule has 2 unspecified atom stereocenters. The highest BCUT2D eigenvalue weighted by Gasteiger charge is 2.28. The van der Waals surface area contributed by atoms with Crippen LogP contribution >= 0.6 is 15.9 Å². The minimum atomic E-state index is 0.712. The molecule has 0 spiro atoms. The van der Waals surface area contributed by atoms with E-state index in [0.717, 1.165) is 17.1 Å². The van der Waals surface area contributed by atoms with Crippen LogP contribution in [0.2, 0.25) is 0 Å². The first kappa shape index (κ1) is 12.1. The predicted octanol–water partition coefficient (Wildman–Crippen LogP) is 3.61. The Morgan fingerprint density at radius 3 is 2.94 bits per heavy atom. The molecule has 0 bridgehead atoms. The standard InChI is InChI=1S/C13H19BrN2/c1-3-13-5-4-10(2)16(13)9-11-6-12(14)8-15-7-11/h6-8,10,13H,3-5,9H2,1-2H3. The van der Waals surface area contributed by atoms with Crippen LogP contribution in [0.25, 0.3) is 0 Å². The van der Waals surface area contributed by atoms with Crippen LogP contribution in [0, 0.1) is 0 Å². The second-order valence-electron chi connectivity index (χ2n) is 4.67. The molecular formula is C13H19BrN2. The van der Waals surface area contributed by atoms with E-state index in [1.54, 1.807) is 0 Å². The zero-order chi connectivity index (χ0) is 11.5. The Labute approximate surface area is 106 Å². The fourth-order valence-electron chi connectivity index (χ4n) is 2.60. The first-order valence-corrected chi connectivity index (χ1v) is 6.85. The average molecular weight is 283 g/mol. The van der Waals surface area contributed by atoms with Gasteiger partial charge in [0, 0.05) is 35.5 Å². The van der Waals surface area contributed by atoms with E-state index in [1.165, 1.54) is 24.8 Å². The largest absolute Gasteiger partial charge is 0.293 e. The van der Waals surface area contributed by atoms with Gasteiger partial charge in [-0.1, -0.05) is 6.92 Å². The summed E-state index contributed by atoms with van der Waals surface area (Å²) in [6, 6.07) is 3.64. The summed E-state index contributed by atoms with van der Waals surface area (Å²) in [6.07, 6.45) is 7.75. The summed E-state index contributed by atoms with van der Waals surface area (Å²) in [6.45, 7) is 5.65. The number of pyridine rings is 1. The Hall–Kier alpha value is -0.410. The Morgan fingerprint density at radius 1 is 1.44 bits per heavy atom. The highest BCUT2D eigenvalue weighted by Crippen LogP contribution is 2.27. The monoisotopic (exact) mass is 282 g/mol. The third-order valence-corrected chi connectivity index (χ3v) is 3.98. The van der Waals surface area contributed by atoms with Crippen LogP contribution in [-0.4, -0.2) is 22.0 Å². The topological polar surface area (TPSA) is 16.1 Å². The van der Waals surface area contributed by atoms with E-state index in [4.69, 9.17) is 0 Å². The van der Waals surface area contributed by atoms with Crippen molar-refractivity contribution in [3.63, 3.8) is 0 Å². The Morgan fingerprint density at radius 2 is 2.25 bits per heavy atom. The third kappa shape index (κ3) is 2.64. The van der Waals surface area contributed by atoms with Gasteiger partial charge in [0.15, 0.2) is 0 Å². The highest BCUT2D eigenvalue weighted by atomic mass is 79.9. The zero-order valence-corrected chi connectivity index (χ0v) is 11.6. The van der Waals surface area contributed by atoms with Crippen molar-refractivity contribution < 1.29 is 0 Å². The molecule has 0 saturated carbocycles. The Bertz CT molecular complexity index is 354. The van der Waals surface area contributed by atoms with Crippen molar-refractivity contribution in [1.82, 2.24) is 9.88 Å². The molecule has 0 aliphatic carbocycles. The zero-order valence-electron chi connectivity index (χ0n) is 9.99. The van der Waals surface area contributed by atoms with Gasteiger partial charge in [0.25, 0.3) is 0 Å². The smallest absolute Gasteiger partial charge is 0.0410 e. The van der Waals surface area contributed by atoms with Crippen LogP contribution in [0.1, 0.15) is 38.7 Å². The van der Waals surface area contributed by atoms with Crippen molar-refractivity contribution in [2.45, 2.75) is 51.7 Å². The summed E-state index contributed by atoms with van der Waals surface area (Å²) in [5, 5.41) is 0. The van der Waals surface area contributed by atoms with Crippen LogP contribution in [-0.2, 0) is 6.54 Å². The summed E-state index contributed by atoms with van der Waals surface area (Å²) in [5.41, 5.74) is 1.31. The van der Waals surface area contributed by atoms with Crippen molar-refractivity contribution in [2.75, 3.05) is 0 Å². The van der Waals surface area contributed by atoms with E-state index in [9.17, 15) is 0 Å². The molecule has 1 aliphatic rings. The molecule has 1 aromatic rings. The molecular weight excluding hydrogens is 264 g/mol.